The minimum absolute atomic E-state index is 0.0966. The van der Waals surface area contributed by atoms with Gasteiger partial charge < -0.3 is 40.5 Å². The van der Waals surface area contributed by atoms with Crippen molar-refractivity contribution in [2.45, 2.75) is 76.5 Å². The average molecular weight is 406 g/mol. The summed E-state index contributed by atoms with van der Waals surface area (Å²) in [6.45, 7) is 4.40. The molecule has 7 atom stereocenters. The second-order valence-electron chi connectivity index (χ2n) is 7.00. The molecule has 1 rings (SSSR count). The van der Waals surface area contributed by atoms with E-state index in [1.54, 1.807) is 6.92 Å². The second kappa shape index (κ2) is 10.7. The van der Waals surface area contributed by atoms with E-state index in [4.69, 9.17) is 4.74 Å². The van der Waals surface area contributed by atoms with Gasteiger partial charge in [0.2, 0.25) is 11.8 Å². The van der Waals surface area contributed by atoms with Crippen LogP contribution < -0.4 is 10.6 Å². The van der Waals surface area contributed by atoms with Gasteiger partial charge in [-0.15, -0.1) is 0 Å². The summed E-state index contributed by atoms with van der Waals surface area (Å²) in [6.07, 6.45) is -5.39. The molecule has 1 aliphatic rings. The Kier molecular flexibility index (Phi) is 9.24. The molecule has 11 nitrogen and oxygen atoms in total. The number of nitrogens with one attached hydrogen (secondary N) is 2. The fourth-order valence-electron chi connectivity index (χ4n) is 3.07. The summed E-state index contributed by atoms with van der Waals surface area (Å²) in [7, 11) is 0. The number of amides is 2. The Morgan fingerprint density at radius 2 is 2.04 bits per heavy atom. The molecule has 7 unspecified atom stereocenters. The van der Waals surface area contributed by atoms with E-state index in [-0.39, 0.29) is 24.8 Å². The zero-order valence-corrected chi connectivity index (χ0v) is 16.2. The standard InChI is InChI=1S/C17H30N2O9/c1-4-5-9(2)16(25)18-7-12(23)14(24)15-13(19-10(3)21)11(22)6-17(26,28-15)27-8-20/h8-9,11-15,22-24,26H,4-7H2,1-3H3,(H,18,25)(H,19,21). The van der Waals surface area contributed by atoms with Crippen molar-refractivity contribution in [1.82, 2.24) is 10.6 Å². The lowest BCUT2D eigenvalue weighted by molar-refractivity contribution is -0.392. The first-order valence-electron chi connectivity index (χ1n) is 9.15. The summed E-state index contributed by atoms with van der Waals surface area (Å²) < 4.78 is 9.61. The van der Waals surface area contributed by atoms with Gasteiger partial charge in [-0.3, -0.25) is 14.4 Å². The van der Waals surface area contributed by atoms with Gasteiger partial charge in [0.05, 0.1) is 24.7 Å². The summed E-state index contributed by atoms with van der Waals surface area (Å²) in [5.41, 5.74) is 0. The predicted octanol–water partition coefficient (Wildman–Crippen LogP) is -2.27. The van der Waals surface area contributed by atoms with Crippen molar-refractivity contribution in [3.63, 3.8) is 0 Å². The van der Waals surface area contributed by atoms with E-state index in [2.05, 4.69) is 15.4 Å². The van der Waals surface area contributed by atoms with E-state index in [1.807, 2.05) is 6.92 Å². The van der Waals surface area contributed by atoms with Crippen LogP contribution in [0.4, 0.5) is 0 Å². The van der Waals surface area contributed by atoms with Crippen molar-refractivity contribution in [2.24, 2.45) is 5.92 Å². The van der Waals surface area contributed by atoms with Crippen LogP contribution in [-0.2, 0) is 23.9 Å². The number of hydrogen-bond donors (Lipinski definition) is 6. The molecular weight excluding hydrogens is 376 g/mol. The van der Waals surface area contributed by atoms with Crippen LogP contribution in [0.1, 0.15) is 40.0 Å². The highest BCUT2D eigenvalue weighted by atomic mass is 16.8. The lowest BCUT2D eigenvalue weighted by Gasteiger charge is -2.45. The number of hydrogen-bond acceptors (Lipinski definition) is 9. The second-order valence-corrected chi connectivity index (χ2v) is 7.00. The van der Waals surface area contributed by atoms with Gasteiger partial charge in [-0.05, 0) is 6.42 Å². The number of ether oxygens (including phenoxy) is 2. The van der Waals surface area contributed by atoms with Crippen LogP contribution in [0.15, 0.2) is 0 Å². The van der Waals surface area contributed by atoms with E-state index < -0.39 is 48.8 Å². The lowest BCUT2D eigenvalue weighted by atomic mass is 9.91. The molecule has 1 aliphatic heterocycles. The van der Waals surface area contributed by atoms with Gasteiger partial charge in [-0.25, -0.2) is 0 Å². The molecule has 2 amide bonds. The number of aliphatic hydroxyl groups is 4. The van der Waals surface area contributed by atoms with Crippen molar-refractivity contribution in [1.29, 1.82) is 0 Å². The number of carbonyl (C=O) groups excluding carboxylic acids is 3. The molecule has 28 heavy (non-hydrogen) atoms. The highest BCUT2D eigenvalue weighted by Crippen LogP contribution is 2.30. The maximum atomic E-state index is 12.0. The van der Waals surface area contributed by atoms with Crippen molar-refractivity contribution in [3.8, 4) is 0 Å². The average Bonchev–Trinajstić information content (AvgIpc) is 2.60. The molecule has 1 saturated heterocycles. The topological polar surface area (TPSA) is 175 Å². The van der Waals surface area contributed by atoms with Gasteiger partial charge in [0.25, 0.3) is 6.47 Å². The first kappa shape index (κ1) is 24.2. The molecule has 1 fully saturated rings. The van der Waals surface area contributed by atoms with E-state index >= 15 is 0 Å². The number of carbonyl (C=O) groups is 3. The van der Waals surface area contributed by atoms with Crippen LogP contribution in [0, 0.1) is 5.92 Å². The molecule has 1 heterocycles. The summed E-state index contributed by atoms with van der Waals surface area (Å²) >= 11 is 0. The van der Waals surface area contributed by atoms with Crippen LogP contribution in [0.3, 0.4) is 0 Å². The Balaban J connectivity index is 2.87. The molecule has 0 aromatic carbocycles. The third-order valence-electron chi connectivity index (χ3n) is 4.54. The fraction of sp³-hybridized carbons (Fsp3) is 0.824. The molecule has 0 aliphatic carbocycles. The molecule has 0 radical (unpaired) electrons. The van der Waals surface area contributed by atoms with Gasteiger partial charge in [0.1, 0.15) is 12.2 Å². The van der Waals surface area contributed by atoms with Gasteiger partial charge >= 0.3 is 5.97 Å². The van der Waals surface area contributed by atoms with E-state index in [9.17, 15) is 34.8 Å². The van der Waals surface area contributed by atoms with E-state index in [0.717, 1.165) is 6.42 Å². The number of rotatable bonds is 10. The Bertz CT molecular complexity index is 547. The van der Waals surface area contributed by atoms with Crippen LogP contribution in [-0.4, -0.2) is 81.7 Å². The third-order valence-corrected chi connectivity index (χ3v) is 4.54. The molecule has 0 spiro atoms. The number of aliphatic hydroxyl groups excluding tert-OH is 3. The molecule has 0 aromatic heterocycles. The van der Waals surface area contributed by atoms with Crippen molar-refractivity contribution >= 4 is 18.3 Å². The van der Waals surface area contributed by atoms with Crippen LogP contribution >= 0.6 is 0 Å². The zero-order chi connectivity index (χ0) is 21.5. The van der Waals surface area contributed by atoms with Gasteiger partial charge in [-0.1, -0.05) is 20.3 Å². The molecule has 0 saturated carbocycles. The molecule has 162 valence electrons. The first-order chi connectivity index (χ1) is 13.0. The SMILES string of the molecule is CCCC(C)C(=O)NCC(O)C(O)C1OC(O)(OC=O)CC(O)C1NC(C)=O. The lowest BCUT2D eigenvalue weighted by Crippen LogP contribution is -2.66. The Morgan fingerprint density at radius 1 is 1.39 bits per heavy atom. The minimum atomic E-state index is -2.54. The summed E-state index contributed by atoms with van der Waals surface area (Å²) in [4.78, 5) is 33.9. The normalized spacial score (nSPS) is 30.6. The smallest absolute Gasteiger partial charge is 0.329 e. The van der Waals surface area contributed by atoms with Crippen LogP contribution in [0.5, 0.6) is 0 Å². The first-order valence-corrected chi connectivity index (χ1v) is 9.15. The summed E-state index contributed by atoms with van der Waals surface area (Å²) in [5.74, 6) is -3.68. The quantitative estimate of drug-likeness (QED) is 0.173. The van der Waals surface area contributed by atoms with Gasteiger partial charge in [-0.2, -0.15) is 0 Å². The highest BCUT2D eigenvalue weighted by molar-refractivity contribution is 5.78. The summed E-state index contributed by atoms with van der Waals surface area (Å²) in [6, 6.07) is -1.20. The molecule has 11 heteroatoms. The van der Waals surface area contributed by atoms with Crippen molar-refractivity contribution < 1.29 is 44.3 Å². The van der Waals surface area contributed by atoms with Crippen molar-refractivity contribution in [2.75, 3.05) is 6.54 Å². The monoisotopic (exact) mass is 406 g/mol. The molecule has 0 aromatic rings. The highest BCUT2D eigenvalue weighted by Gasteiger charge is 2.51. The minimum Gasteiger partial charge on any atom is -0.410 e. The van der Waals surface area contributed by atoms with E-state index in [0.29, 0.717) is 6.42 Å². The maximum Gasteiger partial charge on any atom is 0.329 e. The predicted molar refractivity (Wildman–Crippen MR) is 94.3 cm³/mol. The van der Waals surface area contributed by atoms with E-state index in [1.165, 1.54) is 6.92 Å². The van der Waals surface area contributed by atoms with Gasteiger partial charge in [0, 0.05) is 19.4 Å². The Labute approximate surface area is 163 Å². The van der Waals surface area contributed by atoms with Crippen LogP contribution in [0.25, 0.3) is 0 Å². The van der Waals surface area contributed by atoms with Gasteiger partial charge in [0.15, 0.2) is 0 Å². The van der Waals surface area contributed by atoms with Crippen LogP contribution in [0.2, 0.25) is 0 Å². The zero-order valence-electron chi connectivity index (χ0n) is 16.2. The Morgan fingerprint density at radius 3 is 2.57 bits per heavy atom. The molecule has 0 bridgehead atoms. The fourth-order valence-corrected chi connectivity index (χ4v) is 3.07. The molecular formula is C17H30N2O9. The van der Waals surface area contributed by atoms with Crippen molar-refractivity contribution in [3.05, 3.63) is 0 Å². The molecule has 6 N–H and O–H groups in total. The maximum absolute atomic E-state index is 12.0. The third kappa shape index (κ3) is 6.67. The Hall–Kier alpha value is -1.79. The summed E-state index contributed by atoms with van der Waals surface area (Å²) in [5, 5.41) is 45.9. The largest absolute Gasteiger partial charge is 0.410 e.